The van der Waals surface area contributed by atoms with Crippen molar-refractivity contribution < 1.29 is 14.7 Å². The second-order valence-electron chi connectivity index (χ2n) is 8.22. The van der Waals surface area contributed by atoms with Crippen molar-refractivity contribution in [2.24, 2.45) is 0 Å². The highest BCUT2D eigenvalue weighted by molar-refractivity contribution is 8.01. The van der Waals surface area contributed by atoms with E-state index in [4.69, 9.17) is 5.11 Å². The summed E-state index contributed by atoms with van der Waals surface area (Å²) in [7, 11) is 0. The van der Waals surface area contributed by atoms with Gasteiger partial charge in [-0.25, -0.2) is 4.98 Å². The Balaban J connectivity index is 1.67. The number of carbonyl (C=O) groups excluding carboxylic acids is 1. The van der Waals surface area contributed by atoms with Crippen LogP contribution in [-0.2, 0) is 9.59 Å². The highest BCUT2D eigenvalue weighted by Gasteiger charge is 2.33. The smallest absolute Gasteiger partial charge is 0.325 e. The molecule has 0 bridgehead atoms. The van der Waals surface area contributed by atoms with Gasteiger partial charge in [0.05, 0.1) is 10.4 Å². The van der Waals surface area contributed by atoms with E-state index < -0.39 is 16.8 Å². The number of rotatable bonds is 7. The quantitative estimate of drug-likeness (QED) is 0.552. The number of carboxylic acid groups (broad SMARTS) is 1. The van der Waals surface area contributed by atoms with E-state index >= 15 is 0 Å². The number of carboxylic acids is 1. The van der Waals surface area contributed by atoms with Gasteiger partial charge in [-0.3, -0.25) is 14.2 Å². The molecular weight excluding hydrogens is 398 g/mol. The molecule has 1 saturated carbocycles. The lowest BCUT2D eigenvalue weighted by Crippen LogP contribution is -2.47. The van der Waals surface area contributed by atoms with Crippen molar-refractivity contribution in [3.05, 3.63) is 54.4 Å². The van der Waals surface area contributed by atoms with Crippen LogP contribution in [0.25, 0.3) is 16.5 Å². The molecule has 0 aliphatic heterocycles. The summed E-state index contributed by atoms with van der Waals surface area (Å²) in [5.41, 5.74) is 2.41. The van der Waals surface area contributed by atoms with Gasteiger partial charge in [0.25, 0.3) is 0 Å². The Hall–Kier alpha value is -2.80. The summed E-state index contributed by atoms with van der Waals surface area (Å²) in [4.78, 5) is 28.2. The minimum Gasteiger partial charge on any atom is -0.480 e. The molecule has 3 aromatic rings. The van der Waals surface area contributed by atoms with Crippen LogP contribution in [0, 0.1) is 0 Å². The molecule has 1 aliphatic carbocycles. The zero-order valence-electron chi connectivity index (χ0n) is 17.3. The number of amides is 1. The number of thioether (sulfide) groups is 1. The van der Waals surface area contributed by atoms with Gasteiger partial charge in [0.15, 0.2) is 5.16 Å². The molecule has 1 amide bonds. The molecule has 30 heavy (non-hydrogen) atoms. The van der Waals surface area contributed by atoms with Crippen LogP contribution in [-0.4, -0.2) is 37.3 Å². The predicted molar refractivity (Wildman–Crippen MR) is 118 cm³/mol. The number of benzene rings is 2. The maximum atomic E-state index is 12.7. The van der Waals surface area contributed by atoms with Crippen molar-refractivity contribution >= 4 is 34.4 Å². The van der Waals surface area contributed by atoms with E-state index in [0.29, 0.717) is 11.1 Å². The summed E-state index contributed by atoms with van der Waals surface area (Å²) in [6, 6.07) is 11.8. The first kappa shape index (κ1) is 20.5. The predicted octanol–water partition coefficient (Wildman–Crippen LogP) is 4.36. The van der Waals surface area contributed by atoms with Crippen LogP contribution in [0.4, 0.5) is 0 Å². The summed E-state index contributed by atoms with van der Waals surface area (Å²) in [5.74, 6) is -0.752. The highest BCUT2D eigenvalue weighted by Crippen LogP contribution is 2.44. The van der Waals surface area contributed by atoms with Gasteiger partial charge >= 0.3 is 5.97 Å². The Labute approximate surface area is 179 Å². The van der Waals surface area contributed by atoms with Crippen LogP contribution < -0.4 is 5.32 Å². The lowest BCUT2D eigenvalue weighted by molar-refractivity contribution is -0.141. The molecule has 4 rings (SSSR count). The zero-order chi connectivity index (χ0) is 21.5. The molecule has 2 aromatic carbocycles. The van der Waals surface area contributed by atoms with Crippen molar-refractivity contribution in [1.82, 2.24) is 14.9 Å². The van der Waals surface area contributed by atoms with Crippen LogP contribution >= 0.6 is 11.8 Å². The summed E-state index contributed by atoms with van der Waals surface area (Å²) < 4.78 is 1.11. The molecule has 156 valence electrons. The number of hydrogen-bond acceptors (Lipinski definition) is 4. The van der Waals surface area contributed by atoms with Gasteiger partial charge in [0.1, 0.15) is 6.04 Å². The largest absolute Gasteiger partial charge is 0.480 e. The fourth-order valence-corrected chi connectivity index (χ4v) is 4.50. The normalized spacial score (nSPS) is 15.2. The molecule has 1 aromatic heterocycles. The van der Waals surface area contributed by atoms with Crippen LogP contribution in [0.1, 0.15) is 45.1 Å². The minimum atomic E-state index is -1.06. The van der Waals surface area contributed by atoms with E-state index in [0.717, 1.165) is 11.1 Å². The number of aromatic nitrogens is 2. The monoisotopic (exact) mass is 423 g/mol. The lowest BCUT2D eigenvalue weighted by atomic mass is 9.99. The van der Waals surface area contributed by atoms with E-state index in [9.17, 15) is 9.59 Å². The van der Waals surface area contributed by atoms with E-state index in [-0.39, 0.29) is 5.91 Å². The van der Waals surface area contributed by atoms with Crippen molar-refractivity contribution in [3.8, 4) is 5.69 Å². The SMILES string of the molecule is CC(NC(=O)C(C)(C)Sc1nccn1-c1ccc(C2CC2)c2ccccc12)C(=O)O. The van der Waals surface area contributed by atoms with Crippen LogP contribution in [0.3, 0.4) is 0 Å². The number of imidazole rings is 1. The fraction of sp³-hybridized carbons (Fsp3) is 0.348. The molecule has 2 N–H and O–H groups in total. The van der Waals surface area contributed by atoms with Gasteiger partial charge in [-0.1, -0.05) is 42.1 Å². The van der Waals surface area contributed by atoms with E-state index in [1.807, 2.05) is 16.8 Å². The van der Waals surface area contributed by atoms with Gasteiger partial charge in [-0.05, 0) is 56.5 Å². The molecule has 0 radical (unpaired) electrons. The van der Waals surface area contributed by atoms with Gasteiger partial charge in [-0.2, -0.15) is 0 Å². The Morgan fingerprint density at radius 2 is 1.90 bits per heavy atom. The summed E-state index contributed by atoms with van der Waals surface area (Å²) >= 11 is 1.31. The maximum Gasteiger partial charge on any atom is 0.325 e. The number of nitrogens with zero attached hydrogens (tertiary/aromatic N) is 2. The second-order valence-corrected chi connectivity index (χ2v) is 9.81. The molecule has 1 heterocycles. The average Bonchev–Trinajstić information content (AvgIpc) is 3.46. The summed E-state index contributed by atoms with van der Waals surface area (Å²) in [5, 5.41) is 14.7. The van der Waals surface area contributed by atoms with Crippen molar-refractivity contribution in [3.63, 3.8) is 0 Å². The molecule has 1 fully saturated rings. The van der Waals surface area contributed by atoms with Gasteiger partial charge < -0.3 is 10.4 Å². The standard InChI is InChI=1S/C23H25N3O3S/c1-14(20(27)28)25-21(29)23(2,3)30-22-24-12-13-26(22)19-11-10-16(15-8-9-15)17-6-4-5-7-18(17)19/h4-7,10-15H,8-9H2,1-3H3,(H,25,29)(H,27,28). The number of fused-ring (bicyclic) bond motifs is 1. The van der Waals surface area contributed by atoms with Crippen LogP contribution in [0.15, 0.2) is 53.9 Å². The van der Waals surface area contributed by atoms with Crippen LogP contribution in [0.2, 0.25) is 0 Å². The highest BCUT2D eigenvalue weighted by atomic mass is 32.2. The first-order chi connectivity index (χ1) is 14.3. The third-order valence-corrected chi connectivity index (χ3v) is 6.61. The second kappa shape index (κ2) is 7.80. The van der Waals surface area contributed by atoms with E-state index in [1.54, 1.807) is 20.0 Å². The van der Waals surface area contributed by atoms with Crippen LogP contribution in [0.5, 0.6) is 0 Å². The Kier molecular flexibility index (Phi) is 5.32. The zero-order valence-corrected chi connectivity index (χ0v) is 18.1. The van der Waals surface area contributed by atoms with E-state index in [2.05, 4.69) is 40.6 Å². The Morgan fingerprint density at radius 3 is 2.57 bits per heavy atom. The molecular formula is C23H25N3O3S. The first-order valence-electron chi connectivity index (χ1n) is 10.1. The topological polar surface area (TPSA) is 84.2 Å². The number of carbonyl (C=O) groups is 2. The molecule has 0 saturated heterocycles. The molecule has 6 nitrogen and oxygen atoms in total. The third-order valence-electron chi connectivity index (χ3n) is 5.43. The van der Waals surface area contributed by atoms with Gasteiger partial charge in [0, 0.05) is 17.8 Å². The average molecular weight is 424 g/mol. The lowest BCUT2D eigenvalue weighted by Gasteiger charge is -2.24. The number of aliphatic carboxylic acids is 1. The molecule has 7 heteroatoms. The molecule has 1 atom stereocenters. The minimum absolute atomic E-state index is 0.342. The first-order valence-corrected chi connectivity index (χ1v) is 10.9. The molecule has 1 aliphatic rings. The fourth-order valence-electron chi connectivity index (χ4n) is 3.52. The van der Waals surface area contributed by atoms with Crippen molar-refractivity contribution in [2.75, 3.05) is 0 Å². The molecule has 0 spiro atoms. The van der Waals surface area contributed by atoms with Gasteiger partial charge in [0.2, 0.25) is 5.91 Å². The summed E-state index contributed by atoms with van der Waals surface area (Å²) in [6.07, 6.45) is 6.11. The third kappa shape index (κ3) is 3.94. The van der Waals surface area contributed by atoms with Crippen molar-refractivity contribution in [1.29, 1.82) is 0 Å². The maximum absolute atomic E-state index is 12.7. The number of nitrogens with one attached hydrogen (secondary N) is 1. The van der Waals surface area contributed by atoms with E-state index in [1.165, 1.54) is 42.5 Å². The summed E-state index contributed by atoms with van der Waals surface area (Å²) in [6.45, 7) is 5.00. The Bertz CT molecular complexity index is 1120. The molecule has 1 unspecified atom stereocenters. The van der Waals surface area contributed by atoms with Crippen molar-refractivity contribution in [2.45, 2.75) is 55.5 Å². The number of hydrogen-bond donors (Lipinski definition) is 2. The Morgan fingerprint density at radius 1 is 1.20 bits per heavy atom. The van der Waals surface area contributed by atoms with Gasteiger partial charge in [-0.15, -0.1) is 0 Å².